The minimum atomic E-state index is -0.346. The van der Waals surface area contributed by atoms with E-state index in [0.717, 1.165) is 0 Å². The molecule has 2 rings (SSSR count). The third-order valence-corrected chi connectivity index (χ3v) is 2.67. The summed E-state index contributed by atoms with van der Waals surface area (Å²) in [6.45, 7) is 0. The Balaban J connectivity index is 2.19. The Morgan fingerprint density at radius 3 is 2.67 bits per heavy atom. The van der Waals surface area contributed by atoms with Crippen molar-refractivity contribution in [3.05, 3.63) is 45.8 Å². The van der Waals surface area contributed by atoms with Gasteiger partial charge in [-0.15, -0.1) is 0 Å². The summed E-state index contributed by atoms with van der Waals surface area (Å²) in [5, 5.41) is 3.00. The Labute approximate surface area is 117 Å². The number of hydrogen-bond donors (Lipinski definition) is 2. The maximum atomic E-state index is 11.9. The quantitative estimate of drug-likeness (QED) is 0.831. The van der Waals surface area contributed by atoms with E-state index in [1.165, 1.54) is 24.5 Å². The summed E-state index contributed by atoms with van der Waals surface area (Å²) in [4.78, 5) is 19.8. The second kappa shape index (κ2) is 5.32. The second-order valence-electron chi connectivity index (χ2n) is 3.45. The summed E-state index contributed by atoms with van der Waals surface area (Å²) in [6.07, 6.45) is 2.93. The summed E-state index contributed by atoms with van der Waals surface area (Å²) in [5.41, 5.74) is 6.40. The molecule has 3 N–H and O–H groups in total. The lowest BCUT2D eigenvalue weighted by Crippen LogP contribution is -2.13. The van der Waals surface area contributed by atoms with Crippen molar-refractivity contribution in [2.75, 3.05) is 11.1 Å². The molecule has 1 heterocycles. The van der Waals surface area contributed by atoms with Crippen LogP contribution in [0.1, 0.15) is 10.4 Å². The number of benzene rings is 1. The average Bonchev–Trinajstić information content (AvgIpc) is 2.31. The second-order valence-corrected chi connectivity index (χ2v) is 4.70. The van der Waals surface area contributed by atoms with Crippen molar-refractivity contribution in [2.45, 2.75) is 0 Å². The third kappa shape index (κ3) is 3.18. The largest absolute Gasteiger partial charge is 0.399 e. The number of aromatic nitrogens is 2. The first-order chi connectivity index (χ1) is 8.54. The number of halogens is 2. The Morgan fingerprint density at radius 1 is 1.28 bits per heavy atom. The number of nitrogen functional groups attached to an aromatic ring is 1. The van der Waals surface area contributed by atoms with Gasteiger partial charge in [0, 0.05) is 16.3 Å². The van der Waals surface area contributed by atoms with E-state index >= 15 is 0 Å². The molecule has 0 atom stereocenters. The zero-order valence-corrected chi connectivity index (χ0v) is 11.4. The first-order valence-corrected chi connectivity index (χ1v) is 6.06. The first-order valence-electron chi connectivity index (χ1n) is 4.89. The summed E-state index contributed by atoms with van der Waals surface area (Å²) in [6, 6.07) is 4.63. The molecule has 5 nitrogen and oxygen atoms in total. The SMILES string of the molecule is Nc1cc(Cl)cc(C(=O)Nc2cnc(Br)cn2)c1. The maximum absolute atomic E-state index is 11.9. The number of nitrogens with one attached hydrogen (secondary N) is 1. The van der Waals surface area contributed by atoms with E-state index in [9.17, 15) is 4.79 Å². The van der Waals surface area contributed by atoms with Crippen molar-refractivity contribution in [1.29, 1.82) is 0 Å². The van der Waals surface area contributed by atoms with E-state index in [1.54, 1.807) is 6.07 Å². The van der Waals surface area contributed by atoms with Gasteiger partial charge in [0.1, 0.15) is 4.60 Å². The van der Waals surface area contributed by atoms with Crippen molar-refractivity contribution >= 4 is 44.9 Å². The molecule has 1 amide bonds. The van der Waals surface area contributed by atoms with Gasteiger partial charge >= 0.3 is 0 Å². The van der Waals surface area contributed by atoms with Gasteiger partial charge in [0.15, 0.2) is 5.82 Å². The van der Waals surface area contributed by atoms with E-state index in [0.29, 0.717) is 26.7 Å². The lowest BCUT2D eigenvalue weighted by molar-refractivity contribution is 0.102. The lowest BCUT2D eigenvalue weighted by atomic mass is 10.2. The molecule has 1 aromatic carbocycles. The minimum Gasteiger partial charge on any atom is -0.399 e. The molecule has 0 bridgehead atoms. The molecule has 92 valence electrons. The molecular formula is C11H8BrClN4O. The topological polar surface area (TPSA) is 80.9 Å². The Hall–Kier alpha value is -1.66. The lowest BCUT2D eigenvalue weighted by Gasteiger charge is -2.05. The highest BCUT2D eigenvalue weighted by molar-refractivity contribution is 9.10. The van der Waals surface area contributed by atoms with Crippen LogP contribution in [0.2, 0.25) is 5.02 Å². The van der Waals surface area contributed by atoms with Crippen molar-refractivity contribution in [3.8, 4) is 0 Å². The molecule has 0 aliphatic rings. The Bertz CT molecular complexity index is 568. The summed E-state index contributed by atoms with van der Waals surface area (Å²) in [5.74, 6) is 0.00238. The molecular weight excluding hydrogens is 320 g/mol. The van der Waals surface area contributed by atoms with Crippen LogP contribution in [0, 0.1) is 0 Å². The minimum absolute atomic E-state index is 0.346. The zero-order valence-electron chi connectivity index (χ0n) is 9.02. The molecule has 1 aromatic heterocycles. The van der Waals surface area contributed by atoms with Crippen LogP contribution in [0.15, 0.2) is 35.2 Å². The van der Waals surface area contributed by atoms with E-state index < -0.39 is 0 Å². The monoisotopic (exact) mass is 326 g/mol. The van der Waals surface area contributed by atoms with Crippen LogP contribution in [0.3, 0.4) is 0 Å². The van der Waals surface area contributed by atoms with Crippen LogP contribution in [0.5, 0.6) is 0 Å². The molecule has 0 saturated heterocycles. The highest BCUT2D eigenvalue weighted by Gasteiger charge is 2.08. The van der Waals surface area contributed by atoms with Gasteiger partial charge in [-0.3, -0.25) is 4.79 Å². The van der Waals surface area contributed by atoms with Crippen LogP contribution >= 0.6 is 27.5 Å². The van der Waals surface area contributed by atoms with Crippen molar-refractivity contribution in [3.63, 3.8) is 0 Å². The number of hydrogen-bond acceptors (Lipinski definition) is 4. The van der Waals surface area contributed by atoms with Crippen LogP contribution in [0.25, 0.3) is 0 Å². The number of nitrogens with two attached hydrogens (primary N) is 1. The van der Waals surface area contributed by atoms with Crippen molar-refractivity contribution in [2.24, 2.45) is 0 Å². The van der Waals surface area contributed by atoms with Gasteiger partial charge in [-0.2, -0.15) is 0 Å². The Kier molecular flexibility index (Phi) is 3.78. The van der Waals surface area contributed by atoms with Gasteiger partial charge in [-0.05, 0) is 34.1 Å². The van der Waals surface area contributed by atoms with E-state index in [4.69, 9.17) is 17.3 Å². The smallest absolute Gasteiger partial charge is 0.256 e. The van der Waals surface area contributed by atoms with E-state index in [2.05, 4.69) is 31.2 Å². The number of rotatable bonds is 2. The molecule has 0 unspecified atom stereocenters. The van der Waals surface area contributed by atoms with E-state index in [1.807, 2.05) is 0 Å². The number of anilines is 2. The van der Waals surface area contributed by atoms with Crippen LogP contribution in [0.4, 0.5) is 11.5 Å². The predicted molar refractivity (Wildman–Crippen MR) is 73.5 cm³/mol. The summed E-state index contributed by atoms with van der Waals surface area (Å²) < 4.78 is 0.590. The molecule has 18 heavy (non-hydrogen) atoms. The first kappa shape index (κ1) is 12.8. The molecule has 0 fully saturated rings. The molecule has 7 heteroatoms. The fourth-order valence-corrected chi connectivity index (χ4v) is 1.76. The molecule has 0 spiro atoms. The zero-order chi connectivity index (χ0) is 13.1. The van der Waals surface area contributed by atoms with Gasteiger partial charge in [0.2, 0.25) is 0 Å². The molecule has 0 saturated carbocycles. The highest BCUT2D eigenvalue weighted by Crippen LogP contribution is 2.17. The highest BCUT2D eigenvalue weighted by atomic mass is 79.9. The van der Waals surface area contributed by atoms with Gasteiger partial charge in [-0.25, -0.2) is 9.97 Å². The number of carbonyl (C=O) groups is 1. The van der Waals surface area contributed by atoms with Crippen molar-refractivity contribution in [1.82, 2.24) is 9.97 Å². The maximum Gasteiger partial charge on any atom is 0.256 e. The average molecular weight is 328 g/mol. The molecule has 0 radical (unpaired) electrons. The van der Waals surface area contributed by atoms with Crippen LogP contribution < -0.4 is 11.1 Å². The molecule has 2 aromatic rings. The normalized spacial score (nSPS) is 10.1. The number of amides is 1. The standard InChI is InChI=1S/C11H8BrClN4O/c12-9-4-16-10(5-15-9)17-11(18)6-1-7(13)3-8(14)2-6/h1-5H,14H2,(H,16,17,18). The van der Waals surface area contributed by atoms with Gasteiger partial charge in [0.05, 0.1) is 12.4 Å². The molecule has 0 aliphatic heterocycles. The van der Waals surface area contributed by atoms with Gasteiger partial charge < -0.3 is 11.1 Å². The number of carbonyl (C=O) groups excluding carboxylic acids is 1. The van der Waals surface area contributed by atoms with Crippen LogP contribution in [-0.4, -0.2) is 15.9 Å². The van der Waals surface area contributed by atoms with Crippen LogP contribution in [-0.2, 0) is 0 Å². The summed E-state index contributed by atoms with van der Waals surface area (Å²) >= 11 is 8.98. The molecule has 0 aliphatic carbocycles. The Morgan fingerprint density at radius 2 is 2.06 bits per heavy atom. The fourth-order valence-electron chi connectivity index (χ4n) is 1.31. The van der Waals surface area contributed by atoms with Crippen molar-refractivity contribution < 1.29 is 4.79 Å². The van der Waals surface area contributed by atoms with Gasteiger partial charge in [0.25, 0.3) is 5.91 Å². The van der Waals surface area contributed by atoms with E-state index in [-0.39, 0.29) is 5.91 Å². The third-order valence-electron chi connectivity index (χ3n) is 2.04. The predicted octanol–water partition coefficient (Wildman–Crippen LogP) is 2.73. The summed E-state index contributed by atoms with van der Waals surface area (Å²) in [7, 11) is 0. The fraction of sp³-hybridized carbons (Fsp3) is 0. The van der Waals surface area contributed by atoms with Gasteiger partial charge in [-0.1, -0.05) is 11.6 Å². The number of nitrogens with zero attached hydrogens (tertiary/aromatic N) is 2.